The molecule has 51 heavy (non-hydrogen) atoms. The van der Waals surface area contributed by atoms with Crippen LogP contribution in [0.4, 0.5) is 0 Å². The minimum Gasteiger partial charge on any atom is -0.333 e. The fourth-order valence-corrected chi connectivity index (χ4v) is 7.65. The van der Waals surface area contributed by atoms with Gasteiger partial charge in [-0.15, -0.1) is 0 Å². The van der Waals surface area contributed by atoms with Gasteiger partial charge in [0.15, 0.2) is 5.84 Å². The summed E-state index contributed by atoms with van der Waals surface area (Å²) in [5.41, 5.74) is 8.81. The summed E-state index contributed by atoms with van der Waals surface area (Å²) in [6, 6.07) is 57.5. The van der Waals surface area contributed by atoms with Crippen molar-refractivity contribution in [3.63, 3.8) is 0 Å². The van der Waals surface area contributed by atoms with Gasteiger partial charge in [0.05, 0.1) is 22.1 Å². The molecule has 0 radical (unpaired) electrons. The third-order valence-corrected chi connectivity index (χ3v) is 10.0. The standard InChI is InChI=1S/C45H32N6/c1-49-44(31-16-6-3-7-17-31)47-43(30-14-4-2-5-15-30)48-45(49)32-23-25-33(26-24-32)50-38-20-10-8-18-34(38)36-28-37-35-19-9-11-21-39(35)51(41(37)29-40(36)50)42-22-12-13-27-46-42/h2-29,44H,1H3. The molecule has 1 atom stereocenters. The second-order valence-corrected chi connectivity index (χ2v) is 13.0. The monoisotopic (exact) mass is 656 g/mol. The summed E-state index contributed by atoms with van der Waals surface area (Å²) in [7, 11) is 2.08. The number of aromatic nitrogens is 3. The lowest BCUT2D eigenvalue weighted by Crippen LogP contribution is -2.35. The maximum absolute atomic E-state index is 5.14. The number of benzene rings is 6. The van der Waals surface area contributed by atoms with Crippen LogP contribution in [-0.4, -0.2) is 37.7 Å². The van der Waals surface area contributed by atoms with Gasteiger partial charge in [-0.3, -0.25) is 4.57 Å². The smallest absolute Gasteiger partial charge is 0.159 e. The summed E-state index contributed by atoms with van der Waals surface area (Å²) in [6.45, 7) is 0. The molecule has 6 aromatic carbocycles. The Bertz CT molecular complexity index is 2790. The van der Waals surface area contributed by atoms with Gasteiger partial charge >= 0.3 is 0 Å². The molecule has 0 saturated heterocycles. The van der Waals surface area contributed by atoms with E-state index in [1.165, 1.54) is 21.5 Å². The zero-order valence-corrected chi connectivity index (χ0v) is 27.9. The second-order valence-electron chi connectivity index (χ2n) is 13.0. The second kappa shape index (κ2) is 11.7. The first kappa shape index (κ1) is 29.2. The molecule has 242 valence electrons. The summed E-state index contributed by atoms with van der Waals surface area (Å²) in [5, 5.41) is 4.87. The molecule has 3 aromatic heterocycles. The van der Waals surface area contributed by atoms with Crippen molar-refractivity contribution >= 4 is 55.3 Å². The minimum absolute atomic E-state index is 0.195. The number of hydrogen-bond acceptors (Lipinski definition) is 4. The van der Waals surface area contributed by atoms with Gasteiger partial charge in [0.1, 0.15) is 17.8 Å². The number of amidine groups is 2. The van der Waals surface area contributed by atoms with Crippen LogP contribution in [0.15, 0.2) is 180 Å². The van der Waals surface area contributed by atoms with E-state index in [0.29, 0.717) is 0 Å². The van der Waals surface area contributed by atoms with Crippen molar-refractivity contribution in [3.05, 3.63) is 187 Å². The third-order valence-electron chi connectivity index (χ3n) is 10.0. The molecule has 6 nitrogen and oxygen atoms in total. The van der Waals surface area contributed by atoms with Crippen LogP contribution in [0.1, 0.15) is 22.9 Å². The van der Waals surface area contributed by atoms with E-state index in [-0.39, 0.29) is 6.17 Å². The Hall–Kier alpha value is -6.79. The van der Waals surface area contributed by atoms with Crippen molar-refractivity contribution in [1.82, 2.24) is 19.0 Å². The number of rotatable bonds is 5. The van der Waals surface area contributed by atoms with Gasteiger partial charge in [-0.2, -0.15) is 0 Å². The fourth-order valence-electron chi connectivity index (χ4n) is 7.65. The quantitative estimate of drug-likeness (QED) is 0.185. The average molecular weight is 657 g/mol. The van der Waals surface area contributed by atoms with E-state index in [4.69, 9.17) is 15.0 Å². The lowest BCUT2D eigenvalue weighted by Gasteiger charge is -2.32. The summed E-state index contributed by atoms with van der Waals surface area (Å²) >= 11 is 0. The zero-order valence-electron chi connectivity index (χ0n) is 27.9. The van der Waals surface area contributed by atoms with Crippen molar-refractivity contribution in [3.8, 4) is 11.5 Å². The van der Waals surface area contributed by atoms with Crippen LogP contribution in [0.5, 0.6) is 0 Å². The Morgan fingerprint density at radius 3 is 1.78 bits per heavy atom. The van der Waals surface area contributed by atoms with Crippen LogP contribution < -0.4 is 0 Å². The molecule has 9 aromatic rings. The van der Waals surface area contributed by atoms with Gasteiger partial charge in [-0.1, -0.05) is 103 Å². The highest BCUT2D eigenvalue weighted by Crippen LogP contribution is 2.39. The van der Waals surface area contributed by atoms with E-state index in [1.807, 2.05) is 42.6 Å². The predicted molar refractivity (Wildman–Crippen MR) is 209 cm³/mol. The topological polar surface area (TPSA) is 50.7 Å². The van der Waals surface area contributed by atoms with E-state index >= 15 is 0 Å². The molecule has 0 N–H and O–H groups in total. The van der Waals surface area contributed by atoms with Crippen LogP contribution in [0, 0.1) is 0 Å². The van der Waals surface area contributed by atoms with Crippen molar-refractivity contribution in [2.45, 2.75) is 6.17 Å². The van der Waals surface area contributed by atoms with E-state index in [0.717, 1.165) is 61.9 Å². The Morgan fingerprint density at radius 2 is 1.10 bits per heavy atom. The van der Waals surface area contributed by atoms with Gasteiger partial charge in [-0.25, -0.2) is 15.0 Å². The van der Waals surface area contributed by atoms with E-state index in [1.54, 1.807) is 0 Å². The maximum Gasteiger partial charge on any atom is 0.159 e. The predicted octanol–water partition coefficient (Wildman–Crippen LogP) is 10.1. The summed E-state index contributed by atoms with van der Waals surface area (Å²) in [4.78, 5) is 17.2. The van der Waals surface area contributed by atoms with Crippen LogP contribution in [-0.2, 0) is 0 Å². The number of nitrogens with zero attached hydrogens (tertiary/aromatic N) is 6. The molecule has 0 spiro atoms. The first-order valence-electron chi connectivity index (χ1n) is 17.2. The van der Waals surface area contributed by atoms with Gasteiger partial charge in [0.25, 0.3) is 0 Å². The molecule has 6 heteroatoms. The van der Waals surface area contributed by atoms with Crippen LogP contribution >= 0.6 is 0 Å². The van der Waals surface area contributed by atoms with E-state index in [9.17, 15) is 0 Å². The highest BCUT2D eigenvalue weighted by Gasteiger charge is 2.27. The Balaban J connectivity index is 1.14. The molecule has 4 heterocycles. The molecule has 0 aliphatic carbocycles. The lowest BCUT2D eigenvalue weighted by atomic mass is 10.1. The molecule has 0 saturated carbocycles. The summed E-state index contributed by atoms with van der Waals surface area (Å²) in [5.74, 6) is 2.52. The van der Waals surface area contributed by atoms with Gasteiger partial charge in [0.2, 0.25) is 0 Å². The summed E-state index contributed by atoms with van der Waals surface area (Å²) in [6.07, 6.45) is 1.66. The Labute approximate surface area is 294 Å². The van der Waals surface area contributed by atoms with Crippen LogP contribution in [0.25, 0.3) is 55.1 Å². The van der Waals surface area contributed by atoms with Crippen molar-refractivity contribution in [2.24, 2.45) is 9.98 Å². The number of aliphatic imine (C=N–C) groups is 2. The number of fused-ring (bicyclic) bond motifs is 6. The van der Waals surface area contributed by atoms with Gasteiger partial charge < -0.3 is 9.47 Å². The first-order valence-corrected chi connectivity index (χ1v) is 17.2. The molecule has 0 fully saturated rings. The Morgan fingerprint density at radius 1 is 0.490 bits per heavy atom. The fraction of sp³-hybridized carbons (Fsp3) is 0.0444. The molecular formula is C45H32N6. The molecule has 10 rings (SSSR count). The number of hydrogen-bond donors (Lipinski definition) is 0. The molecular weight excluding hydrogens is 625 g/mol. The van der Waals surface area contributed by atoms with Crippen molar-refractivity contribution in [2.75, 3.05) is 7.05 Å². The highest BCUT2D eigenvalue weighted by atomic mass is 15.3. The van der Waals surface area contributed by atoms with Crippen molar-refractivity contribution < 1.29 is 0 Å². The largest absolute Gasteiger partial charge is 0.333 e. The molecule has 1 unspecified atom stereocenters. The zero-order chi connectivity index (χ0) is 33.9. The van der Waals surface area contributed by atoms with E-state index < -0.39 is 0 Å². The number of pyridine rings is 1. The maximum atomic E-state index is 5.14. The Kier molecular flexibility index (Phi) is 6.67. The first-order chi connectivity index (χ1) is 25.2. The SMILES string of the molecule is CN1C(c2ccc(-n3c4ccccc4c4cc5c6ccccc6n(-c6ccccn6)c5cc43)cc2)=NC(c2ccccc2)=NC1c1ccccc1. The van der Waals surface area contributed by atoms with Gasteiger partial charge in [0, 0.05) is 51.6 Å². The highest BCUT2D eigenvalue weighted by molar-refractivity contribution is 6.19. The lowest BCUT2D eigenvalue weighted by molar-refractivity contribution is 0.383. The van der Waals surface area contributed by atoms with Crippen LogP contribution in [0.3, 0.4) is 0 Å². The van der Waals surface area contributed by atoms with E-state index in [2.05, 4.69) is 148 Å². The van der Waals surface area contributed by atoms with Crippen LogP contribution in [0.2, 0.25) is 0 Å². The normalized spacial score (nSPS) is 14.8. The van der Waals surface area contributed by atoms with Crippen molar-refractivity contribution in [1.29, 1.82) is 0 Å². The van der Waals surface area contributed by atoms with Gasteiger partial charge in [-0.05, 0) is 66.2 Å². The molecule has 0 bridgehead atoms. The third kappa shape index (κ3) is 4.68. The molecule has 1 aliphatic heterocycles. The number of para-hydroxylation sites is 2. The summed E-state index contributed by atoms with van der Waals surface area (Å²) < 4.78 is 4.66. The molecule has 0 amide bonds. The molecule has 1 aliphatic rings. The minimum atomic E-state index is -0.195. The average Bonchev–Trinajstić information content (AvgIpc) is 3.70.